The summed E-state index contributed by atoms with van der Waals surface area (Å²) in [5, 5.41) is 9.50. The Kier molecular flexibility index (Phi) is 3.37. The number of rotatable bonds is 3. The van der Waals surface area contributed by atoms with Gasteiger partial charge in [-0.3, -0.25) is 9.59 Å². The Bertz CT molecular complexity index is 346. The second kappa shape index (κ2) is 4.54. The van der Waals surface area contributed by atoms with Gasteiger partial charge in [-0.25, -0.2) is 0 Å². The van der Waals surface area contributed by atoms with Gasteiger partial charge in [0.05, 0.1) is 12.7 Å². The first-order valence-electron chi connectivity index (χ1n) is 4.33. The topological polar surface area (TPSA) is 82.2 Å². The van der Waals surface area contributed by atoms with Crippen molar-refractivity contribution in [3.63, 3.8) is 0 Å². The van der Waals surface area contributed by atoms with E-state index in [1.165, 1.54) is 16.0 Å². The van der Waals surface area contributed by atoms with Gasteiger partial charge in [-0.2, -0.15) is 15.4 Å². The zero-order chi connectivity index (χ0) is 11.4. The van der Waals surface area contributed by atoms with Crippen molar-refractivity contribution >= 4 is 11.8 Å². The molecule has 7 heteroatoms. The average molecular weight is 211 g/mol. The van der Waals surface area contributed by atoms with Gasteiger partial charge in [0, 0.05) is 21.1 Å². The Labute approximate surface area is 87.0 Å². The molecule has 0 bridgehead atoms. The fourth-order valence-corrected chi connectivity index (χ4v) is 0.916. The van der Waals surface area contributed by atoms with E-state index in [1.807, 2.05) is 0 Å². The first-order valence-corrected chi connectivity index (χ1v) is 4.33. The van der Waals surface area contributed by atoms with E-state index in [9.17, 15) is 9.59 Å². The zero-order valence-corrected chi connectivity index (χ0v) is 8.89. The van der Waals surface area contributed by atoms with Gasteiger partial charge in [-0.05, 0) is 0 Å². The highest BCUT2D eigenvalue weighted by atomic mass is 16.2. The molecule has 0 unspecified atom stereocenters. The van der Waals surface area contributed by atoms with Crippen molar-refractivity contribution in [1.82, 2.24) is 25.2 Å². The number of hydrogen-bond acceptors (Lipinski definition) is 4. The van der Waals surface area contributed by atoms with Gasteiger partial charge in [-0.1, -0.05) is 0 Å². The van der Waals surface area contributed by atoms with Crippen LogP contribution in [0.5, 0.6) is 0 Å². The third-order valence-corrected chi connectivity index (χ3v) is 1.85. The van der Waals surface area contributed by atoms with E-state index in [4.69, 9.17) is 0 Å². The Morgan fingerprint density at radius 2 is 2.07 bits per heavy atom. The van der Waals surface area contributed by atoms with Crippen molar-refractivity contribution in [3.8, 4) is 0 Å². The molecule has 0 saturated carbocycles. The molecule has 0 saturated heterocycles. The minimum absolute atomic E-state index is 0.0265. The highest BCUT2D eigenvalue weighted by Gasteiger charge is 2.17. The maximum Gasteiger partial charge on any atom is 0.276 e. The highest BCUT2D eigenvalue weighted by Crippen LogP contribution is 1.97. The molecule has 0 aliphatic rings. The first-order chi connectivity index (χ1) is 7.02. The standard InChI is InChI=1S/C8H13N5O2/c1-12(2)7(14)5-13(3)8(15)6-4-9-11-10-6/h4H,5H2,1-3H3,(H,9,10,11). The number of nitrogens with one attached hydrogen (secondary N) is 1. The molecule has 1 rings (SSSR count). The van der Waals surface area contributed by atoms with Crippen LogP contribution in [0.25, 0.3) is 0 Å². The van der Waals surface area contributed by atoms with Crippen molar-refractivity contribution in [2.75, 3.05) is 27.7 Å². The fourth-order valence-electron chi connectivity index (χ4n) is 0.916. The quantitative estimate of drug-likeness (QED) is 0.692. The van der Waals surface area contributed by atoms with Gasteiger partial charge in [0.25, 0.3) is 5.91 Å². The lowest BCUT2D eigenvalue weighted by atomic mass is 10.4. The largest absolute Gasteiger partial charge is 0.347 e. The van der Waals surface area contributed by atoms with E-state index >= 15 is 0 Å². The molecule has 0 radical (unpaired) electrons. The third-order valence-electron chi connectivity index (χ3n) is 1.85. The van der Waals surface area contributed by atoms with Crippen molar-refractivity contribution in [1.29, 1.82) is 0 Å². The molecule has 1 aromatic heterocycles. The highest BCUT2D eigenvalue weighted by molar-refractivity contribution is 5.94. The molecule has 0 aliphatic heterocycles. The van der Waals surface area contributed by atoms with Crippen LogP contribution in [0.3, 0.4) is 0 Å². The van der Waals surface area contributed by atoms with Crippen LogP contribution >= 0.6 is 0 Å². The molecular weight excluding hydrogens is 198 g/mol. The molecule has 82 valence electrons. The molecule has 1 N–H and O–H groups in total. The number of aromatic nitrogens is 3. The second-order valence-corrected chi connectivity index (χ2v) is 3.30. The summed E-state index contributed by atoms with van der Waals surface area (Å²) in [7, 11) is 4.81. The molecule has 1 heterocycles. The van der Waals surface area contributed by atoms with E-state index in [0.29, 0.717) is 0 Å². The monoisotopic (exact) mass is 211 g/mol. The summed E-state index contributed by atoms with van der Waals surface area (Å²) < 4.78 is 0. The van der Waals surface area contributed by atoms with Gasteiger partial charge in [-0.15, -0.1) is 0 Å². The van der Waals surface area contributed by atoms with Gasteiger partial charge in [0.15, 0.2) is 5.69 Å². The number of amides is 2. The number of hydrogen-bond donors (Lipinski definition) is 1. The van der Waals surface area contributed by atoms with Crippen LogP contribution in [-0.4, -0.2) is 64.7 Å². The minimum Gasteiger partial charge on any atom is -0.347 e. The average Bonchev–Trinajstić information content (AvgIpc) is 2.68. The molecule has 0 aliphatic carbocycles. The van der Waals surface area contributed by atoms with Crippen LogP contribution in [0, 0.1) is 0 Å². The Morgan fingerprint density at radius 1 is 1.40 bits per heavy atom. The molecule has 0 fully saturated rings. The summed E-state index contributed by atoms with van der Waals surface area (Å²) in [6, 6.07) is 0. The van der Waals surface area contributed by atoms with Gasteiger partial charge in [0.2, 0.25) is 5.91 Å². The van der Waals surface area contributed by atoms with Crippen molar-refractivity contribution in [2.24, 2.45) is 0 Å². The number of likely N-dealkylation sites (N-methyl/N-ethyl adjacent to an activating group) is 2. The first kappa shape index (κ1) is 11.2. The van der Waals surface area contributed by atoms with Crippen LogP contribution in [0.2, 0.25) is 0 Å². The minimum atomic E-state index is -0.334. The predicted octanol–water partition coefficient (Wildman–Crippen LogP) is -1.04. The normalized spacial score (nSPS) is 9.80. The fraction of sp³-hybridized carbons (Fsp3) is 0.500. The molecule has 7 nitrogen and oxygen atoms in total. The van der Waals surface area contributed by atoms with E-state index in [2.05, 4.69) is 15.4 Å². The number of carbonyl (C=O) groups is 2. The van der Waals surface area contributed by atoms with Crippen LogP contribution in [-0.2, 0) is 4.79 Å². The van der Waals surface area contributed by atoms with Gasteiger partial charge < -0.3 is 9.80 Å². The summed E-state index contributed by atoms with van der Waals surface area (Å²) >= 11 is 0. The van der Waals surface area contributed by atoms with E-state index in [0.717, 1.165) is 0 Å². The van der Waals surface area contributed by atoms with Crippen LogP contribution < -0.4 is 0 Å². The summed E-state index contributed by atoms with van der Waals surface area (Å²) in [6.07, 6.45) is 1.32. The summed E-state index contributed by atoms with van der Waals surface area (Å²) in [6.45, 7) is 0.0265. The SMILES string of the molecule is CN(C)C(=O)CN(C)C(=O)c1cn[nH]n1. The van der Waals surface area contributed by atoms with Crippen LogP contribution in [0.15, 0.2) is 6.20 Å². The lowest BCUT2D eigenvalue weighted by Gasteiger charge is -2.17. The van der Waals surface area contributed by atoms with E-state index in [1.54, 1.807) is 21.1 Å². The molecule has 0 spiro atoms. The van der Waals surface area contributed by atoms with Crippen molar-refractivity contribution in [2.45, 2.75) is 0 Å². The molecule has 15 heavy (non-hydrogen) atoms. The van der Waals surface area contributed by atoms with Gasteiger partial charge in [0.1, 0.15) is 0 Å². The maximum atomic E-state index is 11.6. The number of H-pyrrole nitrogens is 1. The van der Waals surface area contributed by atoms with Crippen LogP contribution in [0.1, 0.15) is 10.5 Å². The molecule has 1 aromatic rings. The van der Waals surface area contributed by atoms with E-state index < -0.39 is 0 Å². The third kappa shape index (κ3) is 2.76. The predicted molar refractivity (Wildman–Crippen MR) is 52.0 cm³/mol. The summed E-state index contributed by atoms with van der Waals surface area (Å²) in [5.74, 6) is -0.478. The van der Waals surface area contributed by atoms with Crippen LogP contribution in [0.4, 0.5) is 0 Å². The number of carbonyl (C=O) groups excluding carboxylic acids is 2. The Hall–Kier alpha value is -1.92. The second-order valence-electron chi connectivity index (χ2n) is 3.30. The smallest absolute Gasteiger partial charge is 0.276 e. The maximum absolute atomic E-state index is 11.6. The van der Waals surface area contributed by atoms with E-state index in [-0.39, 0.29) is 24.1 Å². The Balaban J connectivity index is 2.58. The lowest BCUT2D eigenvalue weighted by Crippen LogP contribution is -2.37. The lowest BCUT2D eigenvalue weighted by molar-refractivity contribution is -0.129. The van der Waals surface area contributed by atoms with Crippen molar-refractivity contribution < 1.29 is 9.59 Å². The molecule has 2 amide bonds. The molecular formula is C8H13N5O2. The van der Waals surface area contributed by atoms with Gasteiger partial charge >= 0.3 is 0 Å². The summed E-state index contributed by atoms with van der Waals surface area (Å²) in [4.78, 5) is 25.6. The summed E-state index contributed by atoms with van der Waals surface area (Å²) in [5.41, 5.74) is 0.198. The number of aromatic amines is 1. The zero-order valence-electron chi connectivity index (χ0n) is 8.89. The Morgan fingerprint density at radius 3 is 2.53 bits per heavy atom. The molecule has 0 atom stereocenters. The molecule has 0 aromatic carbocycles. The number of nitrogens with zero attached hydrogens (tertiary/aromatic N) is 4. The van der Waals surface area contributed by atoms with Crippen molar-refractivity contribution in [3.05, 3.63) is 11.9 Å².